The van der Waals surface area contributed by atoms with Crippen LogP contribution in [-0.4, -0.2) is 36.4 Å². The summed E-state index contributed by atoms with van der Waals surface area (Å²) >= 11 is 4.81. The zero-order chi connectivity index (χ0) is 11.8. The molecule has 0 radical (unpaired) electrons. The van der Waals surface area contributed by atoms with Gasteiger partial charge in [-0.15, -0.1) is 11.8 Å². The Balaban J connectivity index is 2.15. The molecule has 0 saturated carbocycles. The van der Waals surface area contributed by atoms with Crippen molar-refractivity contribution in [1.29, 1.82) is 0 Å². The third-order valence-electron chi connectivity index (χ3n) is 2.39. The van der Waals surface area contributed by atoms with Crippen molar-refractivity contribution in [2.75, 3.05) is 11.5 Å². The molecule has 1 aromatic carbocycles. The molecule has 1 fully saturated rings. The molecule has 1 saturated heterocycles. The first-order chi connectivity index (χ1) is 7.48. The maximum absolute atomic E-state index is 11.3. The Morgan fingerprint density at radius 3 is 2.56 bits per heavy atom. The second-order valence-electron chi connectivity index (χ2n) is 3.73. The molecule has 2 rings (SSSR count). The van der Waals surface area contributed by atoms with Crippen LogP contribution >= 0.6 is 27.7 Å². The van der Waals surface area contributed by atoms with Gasteiger partial charge in [0.05, 0.1) is 22.9 Å². The van der Waals surface area contributed by atoms with Gasteiger partial charge in [-0.05, 0) is 28.1 Å². The Morgan fingerprint density at radius 1 is 1.31 bits per heavy atom. The Labute approximate surface area is 107 Å². The van der Waals surface area contributed by atoms with Crippen molar-refractivity contribution in [2.24, 2.45) is 0 Å². The number of benzene rings is 1. The summed E-state index contributed by atoms with van der Waals surface area (Å²) in [5.74, 6) is -0.0602. The average Bonchev–Trinajstić information content (AvgIpc) is 2.44. The van der Waals surface area contributed by atoms with E-state index in [1.807, 2.05) is 24.3 Å². The summed E-state index contributed by atoms with van der Waals surface area (Å²) in [5.41, 5.74) is 0. The standard InChI is InChI=1S/C10H11BrO3S2/c11-7-3-1-2-4-9(7)15-10-6-16(13,14)5-8(10)12/h1-4,8,10,12H,5-6H2. The minimum Gasteiger partial charge on any atom is -0.391 e. The normalized spacial score (nSPS) is 28.1. The van der Waals surface area contributed by atoms with Crippen molar-refractivity contribution in [3.05, 3.63) is 28.7 Å². The van der Waals surface area contributed by atoms with Gasteiger partial charge in [0.2, 0.25) is 0 Å². The number of thioether (sulfide) groups is 1. The molecule has 2 unspecified atom stereocenters. The average molecular weight is 323 g/mol. The van der Waals surface area contributed by atoms with Gasteiger partial charge in [-0.2, -0.15) is 0 Å². The van der Waals surface area contributed by atoms with Gasteiger partial charge < -0.3 is 5.11 Å². The van der Waals surface area contributed by atoms with Crippen molar-refractivity contribution in [2.45, 2.75) is 16.2 Å². The Hall–Kier alpha value is -0.0400. The number of aliphatic hydroxyl groups excluding tert-OH is 1. The molecule has 6 heteroatoms. The summed E-state index contributed by atoms with van der Waals surface area (Å²) in [6.45, 7) is 0. The molecule has 3 nitrogen and oxygen atoms in total. The van der Waals surface area contributed by atoms with Crippen molar-refractivity contribution < 1.29 is 13.5 Å². The molecule has 1 aromatic rings. The zero-order valence-corrected chi connectivity index (χ0v) is 11.6. The summed E-state index contributed by atoms with van der Waals surface area (Å²) in [6.07, 6.45) is -0.762. The maximum Gasteiger partial charge on any atom is 0.154 e. The van der Waals surface area contributed by atoms with E-state index >= 15 is 0 Å². The molecule has 0 amide bonds. The van der Waals surface area contributed by atoms with Gasteiger partial charge in [-0.1, -0.05) is 12.1 Å². The van der Waals surface area contributed by atoms with Crippen LogP contribution in [-0.2, 0) is 9.84 Å². The molecular weight excluding hydrogens is 312 g/mol. The zero-order valence-electron chi connectivity index (χ0n) is 8.34. The highest BCUT2D eigenvalue weighted by molar-refractivity contribution is 9.10. The first-order valence-electron chi connectivity index (χ1n) is 4.77. The lowest BCUT2D eigenvalue weighted by Gasteiger charge is -2.12. The van der Waals surface area contributed by atoms with E-state index in [0.29, 0.717) is 0 Å². The first-order valence-corrected chi connectivity index (χ1v) is 8.27. The predicted octanol–water partition coefficient (Wildman–Crippen LogP) is 1.70. The van der Waals surface area contributed by atoms with Gasteiger partial charge in [-0.3, -0.25) is 0 Å². The number of hydrogen-bond donors (Lipinski definition) is 1. The monoisotopic (exact) mass is 322 g/mol. The fraction of sp³-hybridized carbons (Fsp3) is 0.400. The number of rotatable bonds is 2. The number of aliphatic hydroxyl groups is 1. The topological polar surface area (TPSA) is 54.4 Å². The smallest absolute Gasteiger partial charge is 0.154 e. The van der Waals surface area contributed by atoms with E-state index in [-0.39, 0.29) is 16.8 Å². The number of hydrogen-bond acceptors (Lipinski definition) is 4. The van der Waals surface area contributed by atoms with E-state index < -0.39 is 15.9 Å². The molecule has 1 N–H and O–H groups in total. The Morgan fingerprint density at radius 2 is 2.00 bits per heavy atom. The van der Waals surface area contributed by atoms with Crippen LogP contribution in [0.4, 0.5) is 0 Å². The van der Waals surface area contributed by atoms with Crippen LogP contribution in [0.5, 0.6) is 0 Å². The molecule has 0 spiro atoms. The summed E-state index contributed by atoms with van der Waals surface area (Å²) in [5, 5.41) is 9.40. The van der Waals surface area contributed by atoms with Crippen LogP contribution in [0.2, 0.25) is 0 Å². The SMILES string of the molecule is O=S1(=O)CC(O)C(Sc2ccccc2Br)C1. The molecule has 16 heavy (non-hydrogen) atoms. The van der Waals surface area contributed by atoms with Gasteiger partial charge in [0.1, 0.15) is 0 Å². The van der Waals surface area contributed by atoms with E-state index in [9.17, 15) is 13.5 Å². The lowest BCUT2D eigenvalue weighted by atomic mass is 10.3. The molecule has 1 heterocycles. The van der Waals surface area contributed by atoms with E-state index in [1.165, 1.54) is 11.8 Å². The van der Waals surface area contributed by atoms with Crippen LogP contribution in [0.3, 0.4) is 0 Å². The van der Waals surface area contributed by atoms with Crippen LogP contribution in [0.1, 0.15) is 0 Å². The van der Waals surface area contributed by atoms with Crippen LogP contribution in [0.15, 0.2) is 33.6 Å². The van der Waals surface area contributed by atoms with E-state index in [1.54, 1.807) is 0 Å². The van der Waals surface area contributed by atoms with Crippen LogP contribution in [0, 0.1) is 0 Å². The molecule has 0 aromatic heterocycles. The molecule has 0 bridgehead atoms. The summed E-state index contributed by atoms with van der Waals surface area (Å²) in [7, 11) is -3.06. The van der Waals surface area contributed by atoms with E-state index in [2.05, 4.69) is 15.9 Å². The molecule has 0 aliphatic carbocycles. The second-order valence-corrected chi connectivity index (χ2v) is 8.02. The van der Waals surface area contributed by atoms with Gasteiger partial charge >= 0.3 is 0 Å². The molecular formula is C10H11BrO3S2. The third-order valence-corrected chi connectivity index (χ3v) is 6.66. The quantitative estimate of drug-likeness (QED) is 0.900. The van der Waals surface area contributed by atoms with Gasteiger partial charge in [0.15, 0.2) is 9.84 Å². The number of halogens is 1. The Kier molecular flexibility index (Phi) is 3.63. The highest BCUT2D eigenvalue weighted by atomic mass is 79.9. The van der Waals surface area contributed by atoms with Crippen molar-refractivity contribution in [3.8, 4) is 0 Å². The van der Waals surface area contributed by atoms with Crippen LogP contribution in [0.25, 0.3) is 0 Å². The molecule has 1 aliphatic heterocycles. The molecule has 2 atom stereocenters. The van der Waals surface area contributed by atoms with E-state index in [0.717, 1.165) is 9.37 Å². The van der Waals surface area contributed by atoms with Crippen LogP contribution < -0.4 is 0 Å². The summed E-state index contributed by atoms with van der Waals surface area (Å²) < 4.78 is 23.6. The predicted molar refractivity (Wildman–Crippen MR) is 68.4 cm³/mol. The Bertz CT molecular complexity index is 487. The highest BCUT2D eigenvalue weighted by Crippen LogP contribution is 2.35. The molecule has 88 valence electrons. The summed E-state index contributed by atoms with van der Waals surface area (Å²) in [4.78, 5) is 0.962. The minimum absolute atomic E-state index is 0.0557. The van der Waals surface area contributed by atoms with Gasteiger partial charge in [-0.25, -0.2) is 8.42 Å². The van der Waals surface area contributed by atoms with Crippen molar-refractivity contribution >= 4 is 37.5 Å². The largest absolute Gasteiger partial charge is 0.391 e. The molecule has 1 aliphatic rings. The van der Waals surface area contributed by atoms with Gasteiger partial charge in [0, 0.05) is 9.37 Å². The number of sulfone groups is 1. The maximum atomic E-state index is 11.3. The fourth-order valence-corrected chi connectivity index (χ4v) is 5.72. The lowest BCUT2D eigenvalue weighted by Crippen LogP contribution is -2.19. The lowest BCUT2D eigenvalue weighted by molar-refractivity contribution is 0.207. The second kappa shape index (κ2) is 4.68. The third kappa shape index (κ3) is 2.80. The summed E-state index contributed by atoms with van der Waals surface area (Å²) in [6, 6.07) is 7.60. The van der Waals surface area contributed by atoms with Crippen molar-refractivity contribution in [1.82, 2.24) is 0 Å². The fourth-order valence-electron chi connectivity index (χ4n) is 1.61. The van der Waals surface area contributed by atoms with E-state index in [4.69, 9.17) is 0 Å². The van der Waals surface area contributed by atoms with Gasteiger partial charge in [0.25, 0.3) is 0 Å². The minimum atomic E-state index is -3.06. The first kappa shape index (κ1) is 12.4. The van der Waals surface area contributed by atoms with Crippen molar-refractivity contribution in [3.63, 3.8) is 0 Å². The highest BCUT2D eigenvalue weighted by Gasteiger charge is 2.37.